The van der Waals surface area contributed by atoms with Crippen LogP contribution in [0, 0.1) is 5.41 Å². The lowest BCUT2D eigenvalue weighted by Crippen LogP contribution is -2.63. The summed E-state index contributed by atoms with van der Waals surface area (Å²) in [5.74, 6) is 0.932. The van der Waals surface area contributed by atoms with Crippen molar-refractivity contribution in [2.75, 3.05) is 38.1 Å². The van der Waals surface area contributed by atoms with Crippen LogP contribution in [0.5, 0.6) is 0 Å². The molecule has 4 heteroatoms. The van der Waals surface area contributed by atoms with E-state index in [1.54, 1.807) is 0 Å². The lowest BCUT2D eigenvalue weighted by molar-refractivity contribution is -0.127. The third kappa shape index (κ3) is 4.39. The van der Waals surface area contributed by atoms with E-state index in [2.05, 4.69) is 103 Å². The molecule has 0 radical (unpaired) electrons. The van der Waals surface area contributed by atoms with E-state index in [0.717, 1.165) is 50.1 Å². The van der Waals surface area contributed by atoms with E-state index in [9.17, 15) is 5.11 Å². The van der Waals surface area contributed by atoms with Crippen LogP contribution in [-0.4, -0.2) is 48.2 Å². The van der Waals surface area contributed by atoms with E-state index in [4.69, 9.17) is 0 Å². The van der Waals surface area contributed by atoms with E-state index in [1.165, 1.54) is 16.8 Å². The maximum absolute atomic E-state index is 12.5. The van der Waals surface area contributed by atoms with Crippen LogP contribution in [0.2, 0.25) is 0 Å². The molecule has 0 aliphatic carbocycles. The molecule has 0 saturated carbocycles. The molecule has 0 bridgehead atoms. The van der Waals surface area contributed by atoms with Crippen molar-refractivity contribution in [1.82, 2.24) is 9.88 Å². The van der Waals surface area contributed by atoms with Crippen LogP contribution in [0.3, 0.4) is 0 Å². The molecule has 184 valence electrons. The third-order valence-corrected chi connectivity index (χ3v) is 8.37. The Morgan fingerprint density at radius 1 is 0.943 bits per heavy atom. The average Bonchev–Trinajstić information content (AvgIpc) is 2.88. The van der Waals surface area contributed by atoms with Gasteiger partial charge in [-0.2, -0.15) is 0 Å². The van der Waals surface area contributed by atoms with Crippen molar-refractivity contribution in [1.29, 1.82) is 0 Å². The minimum Gasteiger partial charge on any atom is -0.380 e. The summed E-state index contributed by atoms with van der Waals surface area (Å²) < 4.78 is 0. The number of benzene rings is 2. The Morgan fingerprint density at radius 2 is 1.60 bits per heavy atom. The van der Waals surface area contributed by atoms with Gasteiger partial charge in [-0.25, -0.2) is 0 Å². The van der Waals surface area contributed by atoms with Crippen molar-refractivity contribution in [3.05, 3.63) is 95.3 Å². The van der Waals surface area contributed by atoms with Gasteiger partial charge in [0.05, 0.1) is 0 Å². The second-order valence-corrected chi connectivity index (χ2v) is 11.3. The second-order valence-electron chi connectivity index (χ2n) is 11.3. The zero-order valence-corrected chi connectivity index (χ0v) is 21.6. The highest BCUT2D eigenvalue weighted by Gasteiger charge is 2.55. The normalized spacial score (nSPS) is 20.5. The molecule has 0 unspecified atom stereocenters. The van der Waals surface area contributed by atoms with Crippen LogP contribution in [0.1, 0.15) is 67.7 Å². The van der Waals surface area contributed by atoms with Gasteiger partial charge in [0.2, 0.25) is 0 Å². The second kappa shape index (κ2) is 9.40. The molecule has 3 heterocycles. The van der Waals surface area contributed by atoms with Gasteiger partial charge in [0.25, 0.3) is 0 Å². The van der Waals surface area contributed by atoms with E-state index >= 15 is 0 Å². The zero-order chi connectivity index (χ0) is 24.6. The largest absolute Gasteiger partial charge is 0.380 e. The SMILES string of the molecule is CC(C)c1ccc([C@](O)(c2cncc(C3CCN(c4ccccc4)CC3)c2)C2(C)CN(C)C2)cc1. The minimum absolute atomic E-state index is 0.266. The summed E-state index contributed by atoms with van der Waals surface area (Å²) >= 11 is 0. The van der Waals surface area contributed by atoms with Crippen molar-refractivity contribution in [3.8, 4) is 0 Å². The summed E-state index contributed by atoms with van der Waals surface area (Å²) in [4.78, 5) is 9.44. The van der Waals surface area contributed by atoms with E-state index in [1.807, 2.05) is 12.4 Å². The summed E-state index contributed by atoms with van der Waals surface area (Å²) in [7, 11) is 2.12. The first-order valence-corrected chi connectivity index (χ1v) is 13.1. The molecule has 0 amide bonds. The predicted octanol–water partition coefficient (Wildman–Crippen LogP) is 5.78. The molecule has 1 atom stereocenters. The van der Waals surface area contributed by atoms with Crippen LogP contribution in [-0.2, 0) is 5.60 Å². The van der Waals surface area contributed by atoms with Crippen molar-refractivity contribution < 1.29 is 5.11 Å². The molecule has 35 heavy (non-hydrogen) atoms. The molecule has 2 aliphatic rings. The highest BCUT2D eigenvalue weighted by molar-refractivity contribution is 5.47. The summed E-state index contributed by atoms with van der Waals surface area (Å²) in [6, 6.07) is 21.5. The number of anilines is 1. The molecule has 5 rings (SSSR count). The number of aromatic nitrogens is 1. The fourth-order valence-corrected chi connectivity index (χ4v) is 6.34. The number of hydrogen-bond donors (Lipinski definition) is 1. The summed E-state index contributed by atoms with van der Waals surface area (Å²) in [5.41, 5.74) is 4.40. The smallest absolute Gasteiger partial charge is 0.124 e. The Morgan fingerprint density at radius 3 is 2.20 bits per heavy atom. The van der Waals surface area contributed by atoms with Crippen LogP contribution < -0.4 is 4.90 Å². The fourth-order valence-electron chi connectivity index (χ4n) is 6.34. The minimum atomic E-state index is -1.08. The molecular weight excluding hydrogens is 430 g/mol. The van der Waals surface area contributed by atoms with E-state index < -0.39 is 5.60 Å². The van der Waals surface area contributed by atoms with Gasteiger partial charge >= 0.3 is 0 Å². The Balaban J connectivity index is 1.44. The van der Waals surface area contributed by atoms with Gasteiger partial charge in [-0.3, -0.25) is 4.98 Å². The van der Waals surface area contributed by atoms with Crippen LogP contribution >= 0.6 is 0 Å². The number of rotatable bonds is 6. The monoisotopic (exact) mass is 469 g/mol. The standard InChI is InChI=1S/C31H39N3O/c1-23(2)24-10-12-27(13-11-24)31(35,30(3)21-33(4)22-30)28-18-26(19-32-20-28)25-14-16-34(17-15-25)29-8-6-5-7-9-29/h5-13,18-20,23,25,35H,14-17,21-22H2,1-4H3/t31-/m0/s1. The quantitative estimate of drug-likeness (QED) is 0.497. The van der Waals surface area contributed by atoms with Gasteiger partial charge in [-0.15, -0.1) is 0 Å². The summed E-state index contributed by atoms with van der Waals surface area (Å²) in [6.45, 7) is 10.4. The Labute approximate surface area is 210 Å². The maximum atomic E-state index is 12.5. The fraction of sp³-hybridized carbons (Fsp3) is 0.452. The molecule has 2 aromatic carbocycles. The zero-order valence-electron chi connectivity index (χ0n) is 21.6. The first-order chi connectivity index (χ1) is 16.8. The maximum Gasteiger partial charge on any atom is 0.124 e. The Bertz CT molecular complexity index is 1130. The number of para-hydroxylation sites is 1. The number of nitrogens with zero attached hydrogens (tertiary/aromatic N) is 3. The number of aliphatic hydroxyl groups is 1. The predicted molar refractivity (Wildman–Crippen MR) is 144 cm³/mol. The third-order valence-electron chi connectivity index (χ3n) is 8.37. The number of hydrogen-bond acceptors (Lipinski definition) is 4. The van der Waals surface area contributed by atoms with Crippen LogP contribution in [0.4, 0.5) is 5.69 Å². The topological polar surface area (TPSA) is 39.6 Å². The highest BCUT2D eigenvalue weighted by atomic mass is 16.3. The van der Waals surface area contributed by atoms with Gasteiger partial charge < -0.3 is 14.9 Å². The van der Waals surface area contributed by atoms with E-state index in [-0.39, 0.29) is 5.41 Å². The Kier molecular flexibility index (Phi) is 6.45. The summed E-state index contributed by atoms with van der Waals surface area (Å²) in [6.07, 6.45) is 6.11. The first kappa shape index (κ1) is 24.0. The van der Waals surface area contributed by atoms with Crippen LogP contribution in [0.25, 0.3) is 0 Å². The lowest BCUT2D eigenvalue weighted by atomic mass is 9.62. The van der Waals surface area contributed by atoms with Gasteiger partial charge in [0, 0.05) is 55.2 Å². The van der Waals surface area contributed by atoms with Crippen LogP contribution in [0.15, 0.2) is 73.1 Å². The lowest BCUT2D eigenvalue weighted by Gasteiger charge is -2.56. The van der Waals surface area contributed by atoms with Gasteiger partial charge in [0.1, 0.15) is 5.60 Å². The van der Waals surface area contributed by atoms with Gasteiger partial charge in [-0.05, 0) is 66.6 Å². The number of piperidine rings is 1. The molecule has 1 N–H and O–H groups in total. The number of pyridine rings is 1. The average molecular weight is 470 g/mol. The van der Waals surface area contributed by atoms with Crippen molar-refractivity contribution in [2.45, 2.75) is 51.0 Å². The van der Waals surface area contributed by atoms with Crippen molar-refractivity contribution >= 4 is 5.69 Å². The highest BCUT2D eigenvalue weighted by Crippen LogP contribution is 2.50. The molecule has 3 aromatic rings. The molecule has 0 spiro atoms. The molecule has 2 fully saturated rings. The Hall–Kier alpha value is -2.69. The van der Waals surface area contributed by atoms with Crippen molar-refractivity contribution in [2.24, 2.45) is 5.41 Å². The number of likely N-dealkylation sites (tertiary alicyclic amines) is 1. The van der Waals surface area contributed by atoms with Gasteiger partial charge in [0.15, 0.2) is 0 Å². The molecule has 1 aromatic heterocycles. The van der Waals surface area contributed by atoms with Gasteiger partial charge in [-0.1, -0.05) is 63.2 Å². The molecular formula is C31H39N3O. The van der Waals surface area contributed by atoms with Crippen molar-refractivity contribution in [3.63, 3.8) is 0 Å². The molecule has 2 saturated heterocycles. The van der Waals surface area contributed by atoms with E-state index in [0.29, 0.717) is 11.8 Å². The molecule has 4 nitrogen and oxygen atoms in total. The molecule has 2 aliphatic heterocycles. The summed E-state index contributed by atoms with van der Waals surface area (Å²) in [5, 5.41) is 12.5. The first-order valence-electron chi connectivity index (χ1n) is 13.1.